The summed E-state index contributed by atoms with van der Waals surface area (Å²) >= 11 is 6.26. The van der Waals surface area contributed by atoms with Crippen LogP contribution in [0.1, 0.15) is 95.5 Å². The smallest absolute Gasteiger partial charge is 0.407 e. The molecule has 2 aromatic heterocycles. The lowest BCUT2D eigenvalue weighted by Gasteiger charge is -2.37. The number of halogens is 2. The Labute approximate surface area is 273 Å². The molecule has 5 rings (SSSR count). The van der Waals surface area contributed by atoms with Gasteiger partial charge in [0.25, 0.3) is 0 Å². The van der Waals surface area contributed by atoms with Gasteiger partial charge in [0.05, 0.1) is 11.7 Å². The Morgan fingerprint density at radius 1 is 1.07 bits per heavy atom. The Kier molecular flexibility index (Phi) is 10.4. The number of aromatic nitrogens is 2. The van der Waals surface area contributed by atoms with Gasteiger partial charge in [-0.1, -0.05) is 43.7 Å². The normalized spacial score (nSPS) is 24.8. The van der Waals surface area contributed by atoms with E-state index in [0.717, 1.165) is 32.1 Å². The number of rotatable bonds is 8. The SMILES string of the molecule is CC(C)(C)OC(=O)N[C@H](CF)C1CCC(C(=O)N2CC[C@@H](C3CCCCC3)[C@@H]2C(=O)Nc2ccc3nc(C(=O)O)c(Cl)n3c2)CC1. The Balaban J connectivity index is 1.29. The average molecular weight is 662 g/mol. The van der Waals surface area contributed by atoms with Crippen LogP contribution in [0.3, 0.4) is 0 Å². The number of alkyl carbamates (subject to hydrolysis) is 1. The van der Waals surface area contributed by atoms with Crippen molar-refractivity contribution >= 4 is 46.8 Å². The van der Waals surface area contributed by atoms with Gasteiger partial charge in [0.2, 0.25) is 11.8 Å². The number of likely N-dealkylation sites (tertiary alicyclic amines) is 1. The number of amides is 3. The van der Waals surface area contributed by atoms with Crippen LogP contribution in [0.4, 0.5) is 14.9 Å². The molecule has 0 radical (unpaired) electrons. The molecule has 2 aliphatic carbocycles. The van der Waals surface area contributed by atoms with E-state index in [1.807, 2.05) is 0 Å². The van der Waals surface area contributed by atoms with Crippen LogP contribution in [-0.2, 0) is 14.3 Å². The van der Waals surface area contributed by atoms with Gasteiger partial charge in [-0.2, -0.15) is 0 Å². The number of carboxylic acid groups (broad SMARTS) is 1. The maximum Gasteiger partial charge on any atom is 0.407 e. The molecule has 13 heteroatoms. The number of ether oxygens (including phenoxy) is 1. The predicted molar refractivity (Wildman–Crippen MR) is 171 cm³/mol. The maximum atomic E-state index is 14.1. The van der Waals surface area contributed by atoms with Crippen LogP contribution in [0.25, 0.3) is 5.65 Å². The summed E-state index contributed by atoms with van der Waals surface area (Å²) in [6, 6.07) is 1.92. The van der Waals surface area contributed by atoms with Gasteiger partial charge in [-0.15, -0.1) is 0 Å². The second-order valence-corrected chi connectivity index (χ2v) is 14.4. The van der Waals surface area contributed by atoms with E-state index < -0.39 is 36.4 Å². The van der Waals surface area contributed by atoms with E-state index in [9.17, 15) is 28.7 Å². The van der Waals surface area contributed by atoms with Crippen molar-refractivity contribution in [3.8, 4) is 0 Å². The van der Waals surface area contributed by atoms with Gasteiger partial charge in [-0.05, 0) is 82.8 Å². The van der Waals surface area contributed by atoms with Crippen LogP contribution in [0, 0.1) is 23.7 Å². The molecule has 1 aliphatic heterocycles. The first-order valence-electron chi connectivity index (χ1n) is 16.4. The molecule has 3 aliphatic rings. The van der Waals surface area contributed by atoms with Crippen LogP contribution in [0.15, 0.2) is 18.3 Å². The molecule has 3 N–H and O–H groups in total. The van der Waals surface area contributed by atoms with Crippen molar-refractivity contribution in [3.63, 3.8) is 0 Å². The molecule has 2 aromatic rings. The summed E-state index contributed by atoms with van der Waals surface area (Å²) in [6.07, 6.45) is 9.39. The molecule has 0 aromatic carbocycles. The molecule has 3 atom stereocenters. The Hall–Kier alpha value is -3.41. The van der Waals surface area contributed by atoms with E-state index in [2.05, 4.69) is 15.6 Å². The quantitative estimate of drug-likeness (QED) is 0.311. The number of anilines is 1. The zero-order valence-corrected chi connectivity index (χ0v) is 27.5. The molecular weight excluding hydrogens is 617 g/mol. The minimum atomic E-state index is -1.25. The summed E-state index contributed by atoms with van der Waals surface area (Å²) in [6.45, 7) is 5.04. The van der Waals surface area contributed by atoms with E-state index in [1.54, 1.807) is 44.0 Å². The fraction of sp³-hybridized carbons (Fsp3) is 0.667. The first-order chi connectivity index (χ1) is 21.9. The first-order valence-corrected chi connectivity index (χ1v) is 16.8. The van der Waals surface area contributed by atoms with E-state index in [0.29, 0.717) is 49.5 Å². The highest BCUT2D eigenvalue weighted by Crippen LogP contribution is 2.41. The zero-order chi connectivity index (χ0) is 33.2. The number of hydrogen-bond acceptors (Lipinski definition) is 6. The molecular formula is C33H45ClFN5O6. The number of pyridine rings is 1. The Morgan fingerprint density at radius 3 is 2.39 bits per heavy atom. The Morgan fingerprint density at radius 2 is 1.76 bits per heavy atom. The molecule has 11 nitrogen and oxygen atoms in total. The fourth-order valence-corrected chi connectivity index (χ4v) is 7.90. The Bertz CT molecular complexity index is 1450. The molecule has 0 unspecified atom stereocenters. The molecule has 3 fully saturated rings. The minimum Gasteiger partial charge on any atom is -0.476 e. The monoisotopic (exact) mass is 661 g/mol. The highest BCUT2D eigenvalue weighted by Gasteiger charge is 2.47. The number of carbonyl (C=O) groups is 4. The maximum absolute atomic E-state index is 14.1. The van der Waals surface area contributed by atoms with E-state index in [-0.39, 0.29) is 40.4 Å². The summed E-state index contributed by atoms with van der Waals surface area (Å²) in [5.41, 5.74) is -0.203. The number of aromatic carboxylic acids is 1. The van der Waals surface area contributed by atoms with Crippen molar-refractivity contribution in [2.45, 2.75) is 103 Å². The number of alkyl halides is 1. The minimum absolute atomic E-state index is 0.0358. The number of carbonyl (C=O) groups excluding carboxylic acids is 3. The standard InChI is InChI=1S/C33H45ClFN5O6/c1-33(2,3)46-32(45)37-24(17-35)20-9-11-21(12-10-20)30(42)39-16-15-23(19-7-5-4-6-8-19)27(39)29(41)36-22-13-14-25-38-26(31(43)44)28(34)40(25)18-22/h13-14,18-21,23-24,27H,4-12,15-17H2,1-3H3,(H,36,41)(H,37,45)(H,43,44)/t20?,21?,23-,24+,27+/m0/s1. The average Bonchev–Trinajstić information content (AvgIpc) is 3.61. The summed E-state index contributed by atoms with van der Waals surface area (Å²) < 4.78 is 20.7. The van der Waals surface area contributed by atoms with E-state index in [4.69, 9.17) is 16.3 Å². The third-order valence-corrected chi connectivity index (χ3v) is 10.2. The molecule has 3 amide bonds. The van der Waals surface area contributed by atoms with Crippen molar-refractivity contribution < 1.29 is 33.4 Å². The molecule has 252 valence electrons. The highest BCUT2D eigenvalue weighted by atomic mass is 35.5. The third kappa shape index (κ3) is 7.58. The summed E-state index contributed by atoms with van der Waals surface area (Å²) in [4.78, 5) is 57.7. The topological polar surface area (TPSA) is 142 Å². The number of nitrogens with one attached hydrogen (secondary N) is 2. The predicted octanol–water partition coefficient (Wildman–Crippen LogP) is 6.09. The molecule has 3 heterocycles. The molecule has 46 heavy (non-hydrogen) atoms. The van der Waals surface area contributed by atoms with Gasteiger partial charge in [0, 0.05) is 18.7 Å². The van der Waals surface area contributed by atoms with Gasteiger partial charge in [-0.3, -0.25) is 14.0 Å². The first kappa shape index (κ1) is 33.9. The summed E-state index contributed by atoms with van der Waals surface area (Å²) in [5, 5.41) is 15.0. The lowest BCUT2D eigenvalue weighted by molar-refractivity contribution is -0.142. The van der Waals surface area contributed by atoms with Crippen molar-refractivity contribution in [1.82, 2.24) is 19.6 Å². The van der Waals surface area contributed by atoms with Crippen molar-refractivity contribution in [2.75, 3.05) is 18.5 Å². The zero-order valence-electron chi connectivity index (χ0n) is 26.8. The lowest BCUT2D eigenvalue weighted by atomic mass is 9.76. The van der Waals surface area contributed by atoms with Gasteiger partial charge in [0.15, 0.2) is 5.69 Å². The van der Waals surface area contributed by atoms with E-state index >= 15 is 0 Å². The van der Waals surface area contributed by atoms with Crippen molar-refractivity contribution in [2.24, 2.45) is 23.7 Å². The van der Waals surface area contributed by atoms with Crippen LogP contribution >= 0.6 is 11.6 Å². The highest BCUT2D eigenvalue weighted by molar-refractivity contribution is 6.32. The second-order valence-electron chi connectivity index (χ2n) is 14.0. The molecule has 0 spiro atoms. The number of carboxylic acids is 1. The van der Waals surface area contributed by atoms with Gasteiger partial charge in [0.1, 0.15) is 29.1 Å². The third-order valence-electron chi connectivity index (χ3n) is 9.84. The molecule has 0 bridgehead atoms. The van der Waals surface area contributed by atoms with Crippen LogP contribution in [0.2, 0.25) is 5.15 Å². The molecule has 2 saturated carbocycles. The summed E-state index contributed by atoms with van der Waals surface area (Å²) in [7, 11) is 0. The lowest BCUT2D eigenvalue weighted by Crippen LogP contribution is -2.50. The molecule has 1 saturated heterocycles. The largest absolute Gasteiger partial charge is 0.476 e. The van der Waals surface area contributed by atoms with Crippen molar-refractivity contribution in [3.05, 3.63) is 29.2 Å². The van der Waals surface area contributed by atoms with E-state index in [1.165, 1.54) is 10.8 Å². The van der Waals surface area contributed by atoms with Crippen molar-refractivity contribution in [1.29, 1.82) is 0 Å². The summed E-state index contributed by atoms with van der Waals surface area (Å²) in [5.74, 6) is -1.58. The number of fused-ring (bicyclic) bond motifs is 1. The van der Waals surface area contributed by atoms with Gasteiger partial charge < -0.3 is 25.4 Å². The van der Waals surface area contributed by atoms with Crippen LogP contribution < -0.4 is 10.6 Å². The number of imidazole rings is 1. The van der Waals surface area contributed by atoms with Crippen LogP contribution in [0.5, 0.6) is 0 Å². The van der Waals surface area contributed by atoms with Gasteiger partial charge >= 0.3 is 12.1 Å². The number of hydrogen-bond donors (Lipinski definition) is 3. The fourth-order valence-electron chi connectivity index (χ4n) is 7.64. The van der Waals surface area contributed by atoms with Gasteiger partial charge in [-0.25, -0.2) is 19.0 Å². The number of nitrogens with zero attached hydrogens (tertiary/aromatic N) is 3. The second kappa shape index (κ2) is 14.1. The van der Waals surface area contributed by atoms with Crippen LogP contribution in [-0.4, -0.2) is 74.2 Å².